The number of nitro benzene ring substituents is 1. The molecule has 0 aliphatic heterocycles. The first-order valence-corrected chi connectivity index (χ1v) is 6.55. The second-order valence-electron chi connectivity index (χ2n) is 4.64. The van der Waals surface area contributed by atoms with Crippen LogP contribution in [0.15, 0.2) is 30.3 Å². The average molecular weight is 291 g/mol. The molecule has 0 spiro atoms. The fourth-order valence-corrected chi connectivity index (χ4v) is 2.03. The van der Waals surface area contributed by atoms with E-state index in [0.717, 1.165) is 18.7 Å². The summed E-state index contributed by atoms with van der Waals surface area (Å²) in [4.78, 5) is 18.8. The number of halogens is 1. The van der Waals surface area contributed by atoms with Crippen LogP contribution in [0.25, 0.3) is 0 Å². The molecule has 7 heteroatoms. The number of benzene rings is 1. The van der Waals surface area contributed by atoms with E-state index in [1.54, 1.807) is 18.2 Å². The maximum Gasteiger partial charge on any atom is 0.269 e. The zero-order chi connectivity index (χ0) is 14.1. The van der Waals surface area contributed by atoms with E-state index in [1.807, 2.05) is 0 Å². The molecule has 1 aliphatic carbocycles. The molecule has 1 aliphatic rings. The second-order valence-corrected chi connectivity index (χ2v) is 5.02. The van der Waals surface area contributed by atoms with Gasteiger partial charge in [0.2, 0.25) is 0 Å². The number of nitro groups is 1. The summed E-state index contributed by atoms with van der Waals surface area (Å²) >= 11 is 5.97. The van der Waals surface area contributed by atoms with Crippen LogP contribution < -0.4 is 5.32 Å². The van der Waals surface area contributed by atoms with Crippen LogP contribution in [0.1, 0.15) is 24.6 Å². The molecular formula is C13H11ClN4O2. The van der Waals surface area contributed by atoms with Crippen molar-refractivity contribution in [1.82, 2.24) is 9.97 Å². The van der Waals surface area contributed by atoms with Crippen molar-refractivity contribution in [2.75, 3.05) is 5.32 Å². The van der Waals surface area contributed by atoms with Crippen molar-refractivity contribution in [3.63, 3.8) is 0 Å². The number of non-ortho nitro benzene ring substituents is 1. The van der Waals surface area contributed by atoms with Crippen LogP contribution in [0.2, 0.25) is 5.15 Å². The second kappa shape index (κ2) is 5.05. The predicted molar refractivity (Wildman–Crippen MR) is 75.4 cm³/mol. The van der Waals surface area contributed by atoms with E-state index in [0.29, 0.717) is 22.6 Å². The predicted octanol–water partition coefficient (Wildman–Crippen LogP) is 3.66. The normalized spacial score (nSPS) is 14.1. The third kappa shape index (κ3) is 2.85. The Labute approximate surface area is 120 Å². The minimum absolute atomic E-state index is 0.0509. The van der Waals surface area contributed by atoms with Crippen molar-refractivity contribution < 1.29 is 4.92 Å². The van der Waals surface area contributed by atoms with Crippen LogP contribution in [-0.4, -0.2) is 14.9 Å². The summed E-state index contributed by atoms with van der Waals surface area (Å²) < 4.78 is 0. The fourth-order valence-electron chi connectivity index (χ4n) is 1.84. The maximum atomic E-state index is 10.6. The van der Waals surface area contributed by atoms with Crippen molar-refractivity contribution in [2.24, 2.45) is 0 Å². The molecule has 0 atom stereocenters. The van der Waals surface area contributed by atoms with Crippen molar-refractivity contribution >= 4 is 28.8 Å². The molecule has 102 valence electrons. The van der Waals surface area contributed by atoms with Crippen molar-refractivity contribution in [3.8, 4) is 0 Å². The fraction of sp³-hybridized carbons (Fsp3) is 0.231. The first-order valence-electron chi connectivity index (χ1n) is 6.18. The largest absolute Gasteiger partial charge is 0.340 e. The zero-order valence-electron chi connectivity index (χ0n) is 10.4. The van der Waals surface area contributed by atoms with E-state index in [-0.39, 0.29) is 5.69 Å². The van der Waals surface area contributed by atoms with Gasteiger partial charge in [-0.1, -0.05) is 11.6 Å². The molecule has 1 aromatic heterocycles. The highest BCUT2D eigenvalue weighted by Gasteiger charge is 2.27. The van der Waals surface area contributed by atoms with Gasteiger partial charge in [-0.2, -0.15) is 0 Å². The summed E-state index contributed by atoms with van der Waals surface area (Å²) in [6.07, 6.45) is 2.19. The monoisotopic (exact) mass is 290 g/mol. The summed E-state index contributed by atoms with van der Waals surface area (Å²) in [7, 11) is 0. The van der Waals surface area contributed by atoms with E-state index in [9.17, 15) is 10.1 Å². The molecular weight excluding hydrogens is 280 g/mol. The number of rotatable bonds is 4. The van der Waals surface area contributed by atoms with Gasteiger partial charge in [-0.15, -0.1) is 0 Å². The molecule has 0 amide bonds. The molecule has 2 aromatic rings. The third-order valence-electron chi connectivity index (χ3n) is 3.01. The SMILES string of the molecule is O=[N+]([O-])c1ccc(Nc2cc(Cl)nc(C3CC3)n2)cc1. The number of nitrogens with one attached hydrogen (secondary N) is 1. The van der Waals surface area contributed by atoms with Gasteiger partial charge in [0, 0.05) is 29.8 Å². The Morgan fingerprint density at radius 1 is 1.25 bits per heavy atom. The quantitative estimate of drug-likeness (QED) is 0.528. The number of nitrogens with zero attached hydrogens (tertiary/aromatic N) is 3. The highest BCUT2D eigenvalue weighted by molar-refractivity contribution is 6.29. The van der Waals surface area contributed by atoms with Crippen LogP contribution in [0.5, 0.6) is 0 Å². The van der Waals surface area contributed by atoms with E-state index >= 15 is 0 Å². The highest BCUT2D eigenvalue weighted by Crippen LogP contribution is 2.39. The van der Waals surface area contributed by atoms with Gasteiger partial charge in [-0.3, -0.25) is 10.1 Å². The summed E-state index contributed by atoms with van der Waals surface area (Å²) in [6, 6.07) is 7.77. The first-order chi connectivity index (χ1) is 9.61. The lowest BCUT2D eigenvalue weighted by atomic mass is 10.3. The molecule has 6 nitrogen and oxygen atoms in total. The lowest BCUT2D eigenvalue weighted by Gasteiger charge is -2.07. The Morgan fingerprint density at radius 3 is 2.55 bits per heavy atom. The van der Waals surface area contributed by atoms with Crippen LogP contribution in [-0.2, 0) is 0 Å². The van der Waals surface area contributed by atoms with Gasteiger partial charge in [0.25, 0.3) is 5.69 Å². The van der Waals surface area contributed by atoms with Crippen molar-refractivity contribution in [3.05, 3.63) is 51.4 Å². The highest BCUT2D eigenvalue weighted by atomic mass is 35.5. The number of anilines is 2. The van der Waals surface area contributed by atoms with Gasteiger partial charge in [-0.25, -0.2) is 9.97 Å². The minimum Gasteiger partial charge on any atom is -0.340 e. The van der Waals surface area contributed by atoms with Gasteiger partial charge in [0.05, 0.1) is 4.92 Å². The molecule has 3 rings (SSSR count). The van der Waals surface area contributed by atoms with Gasteiger partial charge in [0.1, 0.15) is 16.8 Å². The topological polar surface area (TPSA) is 81.0 Å². The van der Waals surface area contributed by atoms with E-state index in [4.69, 9.17) is 11.6 Å². The van der Waals surface area contributed by atoms with E-state index < -0.39 is 4.92 Å². The Bertz CT molecular complexity index is 656. The molecule has 1 fully saturated rings. The van der Waals surface area contributed by atoms with E-state index in [2.05, 4.69) is 15.3 Å². The molecule has 1 saturated carbocycles. The minimum atomic E-state index is -0.434. The van der Waals surface area contributed by atoms with Gasteiger partial charge >= 0.3 is 0 Å². The first kappa shape index (κ1) is 12.8. The van der Waals surface area contributed by atoms with E-state index in [1.165, 1.54) is 12.1 Å². The van der Waals surface area contributed by atoms with Crippen LogP contribution in [0.3, 0.4) is 0 Å². The smallest absolute Gasteiger partial charge is 0.269 e. The van der Waals surface area contributed by atoms with Crippen molar-refractivity contribution in [1.29, 1.82) is 0 Å². The summed E-state index contributed by atoms with van der Waals surface area (Å²) in [5.41, 5.74) is 0.766. The van der Waals surface area contributed by atoms with Gasteiger partial charge in [-0.05, 0) is 25.0 Å². The summed E-state index contributed by atoms with van der Waals surface area (Å²) in [5, 5.41) is 14.1. The Hall–Kier alpha value is -2.21. The number of aromatic nitrogens is 2. The maximum absolute atomic E-state index is 10.6. The van der Waals surface area contributed by atoms with Crippen LogP contribution in [0, 0.1) is 10.1 Å². The molecule has 20 heavy (non-hydrogen) atoms. The van der Waals surface area contributed by atoms with Crippen LogP contribution >= 0.6 is 11.6 Å². The summed E-state index contributed by atoms with van der Waals surface area (Å²) in [5.74, 6) is 1.76. The van der Waals surface area contributed by atoms with Crippen molar-refractivity contribution in [2.45, 2.75) is 18.8 Å². The Balaban J connectivity index is 1.81. The molecule has 0 unspecified atom stereocenters. The number of hydrogen-bond donors (Lipinski definition) is 1. The lowest BCUT2D eigenvalue weighted by Crippen LogP contribution is -1.99. The zero-order valence-corrected chi connectivity index (χ0v) is 11.2. The molecule has 0 bridgehead atoms. The number of hydrogen-bond acceptors (Lipinski definition) is 5. The molecule has 0 radical (unpaired) electrons. The lowest BCUT2D eigenvalue weighted by molar-refractivity contribution is -0.384. The Kier molecular flexibility index (Phi) is 3.23. The van der Waals surface area contributed by atoms with Gasteiger partial charge < -0.3 is 5.32 Å². The third-order valence-corrected chi connectivity index (χ3v) is 3.20. The standard InChI is InChI=1S/C13H11ClN4O2/c14-11-7-12(17-13(16-11)8-1-2-8)15-9-3-5-10(6-4-9)18(19)20/h3-8H,1-2H2,(H,15,16,17). The Morgan fingerprint density at radius 2 is 1.95 bits per heavy atom. The van der Waals surface area contributed by atoms with Crippen LogP contribution in [0.4, 0.5) is 17.2 Å². The molecule has 1 aromatic carbocycles. The van der Waals surface area contributed by atoms with Gasteiger partial charge in [0.15, 0.2) is 0 Å². The average Bonchev–Trinajstić information content (AvgIpc) is 3.23. The molecule has 1 N–H and O–H groups in total. The molecule has 0 saturated heterocycles. The summed E-state index contributed by atoms with van der Waals surface area (Å²) in [6.45, 7) is 0. The molecule has 1 heterocycles.